The molecule has 1 fully saturated rings. The van der Waals surface area contributed by atoms with Crippen molar-refractivity contribution in [2.45, 2.75) is 19.4 Å². The number of nitrogens with two attached hydrogens (primary N) is 1. The average Bonchev–Trinajstić information content (AvgIpc) is 2.85. The van der Waals surface area contributed by atoms with Crippen LogP contribution in [0.5, 0.6) is 0 Å². The second-order valence-electron chi connectivity index (χ2n) is 4.71. The standard InChI is InChI=1S/C13H16FN3O3/c1-7-5-8(6-20-7)13(18)16-10-4-2-3-9(14)11(10)12(15)17-19/h2-4,7-8,19H,5-6H2,1H3,(H2,15,17)(H,16,18). The first kappa shape index (κ1) is 14.3. The van der Waals surface area contributed by atoms with E-state index in [-0.39, 0.29) is 29.2 Å². The Kier molecular flexibility index (Phi) is 4.19. The number of benzene rings is 1. The summed E-state index contributed by atoms with van der Waals surface area (Å²) >= 11 is 0. The van der Waals surface area contributed by atoms with Crippen molar-refractivity contribution in [1.29, 1.82) is 0 Å². The Morgan fingerprint density at radius 1 is 1.60 bits per heavy atom. The zero-order valence-electron chi connectivity index (χ0n) is 11.0. The van der Waals surface area contributed by atoms with E-state index in [1.165, 1.54) is 18.2 Å². The van der Waals surface area contributed by atoms with Crippen LogP contribution in [0.1, 0.15) is 18.9 Å². The van der Waals surface area contributed by atoms with Crippen LogP contribution < -0.4 is 11.1 Å². The van der Waals surface area contributed by atoms with Gasteiger partial charge in [0.1, 0.15) is 5.82 Å². The molecule has 1 aliphatic heterocycles. The Bertz CT molecular complexity index is 548. The summed E-state index contributed by atoms with van der Waals surface area (Å²) in [5.41, 5.74) is 5.47. The van der Waals surface area contributed by atoms with Crippen molar-refractivity contribution in [3.63, 3.8) is 0 Å². The Morgan fingerprint density at radius 2 is 2.35 bits per heavy atom. The van der Waals surface area contributed by atoms with Gasteiger partial charge in [-0.3, -0.25) is 4.79 Å². The lowest BCUT2D eigenvalue weighted by Crippen LogP contribution is -2.26. The number of nitrogens with zero attached hydrogens (tertiary/aromatic N) is 1. The van der Waals surface area contributed by atoms with Crippen LogP contribution in [0, 0.1) is 11.7 Å². The molecule has 2 rings (SSSR count). The van der Waals surface area contributed by atoms with Gasteiger partial charge in [0.2, 0.25) is 5.91 Å². The van der Waals surface area contributed by atoms with Gasteiger partial charge >= 0.3 is 0 Å². The van der Waals surface area contributed by atoms with Crippen molar-refractivity contribution in [3.8, 4) is 0 Å². The molecule has 0 aromatic heterocycles. The van der Waals surface area contributed by atoms with E-state index in [4.69, 9.17) is 15.7 Å². The molecule has 0 aliphatic carbocycles. The molecular weight excluding hydrogens is 265 g/mol. The van der Waals surface area contributed by atoms with E-state index in [1.54, 1.807) is 0 Å². The molecule has 2 unspecified atom stereocenters. The predicted molar refractivity (Wildman–Crippen MR) is 71.1 cm³/mol. The zero-order valence-corrected chi connectivity index (χ0v) is 11.0. The third kappa shape index (κ3) is 2.88. The van der Waals surface area contributed by atoms with Gasteiger partial charge in [-0.05, 0) is 25.5 Å². The summed E-state index contributed by atoms with van der Waals surface area (Å²) in [6.07, 6.45) is 0.641. The number of oxime groups is 1. The number of amidine groups is 1. The molecule has 6 nitrogen and oxygen atoms in total. The van der Waals surface area contributed by atoms with Crippen LogP contribution in [-0.2, 0) is 9.53 Å². The lowest BCUT2D eigenvalue weighted by Gasteiger charge is -2.13. The molecule has 108 valence electrons. The van der Waals surface area contributed by atoms with Gasteiger partial charge in [0, 0.05) is 0 Å². The van der Waals surface area contributed by atoms with Crippen LogP contribution in [0.4, 0.5) is 10.1 Å². The molecule has 0 saturated carbocycles. The molecule has 2 atom stereocenters. The van der Waals surface area contributed by atoms with Crippen molar-refractivity contribution in [2.75, 3.05) is 11.9 Å². The highest BCUT2D eigenvalue weighted by Crippen LogP contribution is 2.23. The molecule has 20 heavy (non-hydrogen) atoms. The zero-order chi connectivity index (χ0) is 14.7. The number of carbonyl (C=O) groups is 1. The Morgan fingerprint density at radius 3 is 2.95 bits per heavy atom. The van der Waals surface area contributed by atoms with Gasteiger partial charge in [-0.15, -0.1) is 0 Å². The highest BCUT2D eigenvalue weighted by molar-refractivity contribution is 6.06. The number of halogens is 1. The first-order valence-electron chi connectivity index (χ1n) is 6.21. The number of ether oxygens (including phenoxy) is 1. The fraction of sp³-hybridized carbons (Fsp3) is 0.385. The van der Waals surface area contributed by atoms with Crippen LogP contribution >= 0.6 is 0 Å². The molecule has 1 aromatic carbocycles. The summed E-state index contributed by atoms with van der Waals surface area (Å²) in [6.45, 7) is 2.22. The summed E-state index contributed by atoms with van der Waals surface area (Å²) in [4.78, 5) is 12.1. The van der Waals surface area contributed by atoms with Gasteiger partial charge in [0.25, 0.3) is 0 Å². The molecule has 7 heteroatoms. The van der Waals surface area contributed by atoms with E-state index in [9.17, 15) is 9.18 Å². The second kappa shape index (κ2) is 5.87. The van der Waals surface area contributed by atoms with Crippen molar-refractivity contribution in [3.05, 3.63) is 29.6 Å². The molecule has 0 bridgehead atoms. The predicted octanol–water partition coefficient (Wildman–Crippen LogP) is 1.28. The molecule has 1 heterocycles. The fourth-order valence-corrected chi connectivity index (χ4v) is 2.17. The number of hydrogen-bond donors (Lipinski definition) is 3. The van der Waals surface area contributed by atoms with Crippen LogP contribution in [0.3, 0.4) is 0 Å². The van der Waals surface area contributed by atoms with Crippen LogP contribution in [0.2, 0.25) is 0 Å². The minimum Gasteiger partial charge on any atom is -0.409 e. The minimum atomic E-state index is -0.672. The Balaban J connectivity index is 2.21. The number of amides is 1. The van der Waals surface area contributed by atoms with E-state index < -0.39 is 11.7 Å². The summed E-state index contributed by atoms with van der Waals surface area (Å²) in [5.74, 6) is -1.62. The normalized spacial score (nSPS) is 22.8. The first-order chi connectivity index (χ1) is 9.52. The highest BCUT2D eigenvalue weighted by Gasteiger charge is 2.29. The maximum absolute atomic E-state index is 13.7. The average molecular weight is 281 g/mol. The van der Waals surface area contributed by atoms with Crippen LogP contribution in [-0.4, -0.2) is 29.7 Å². The minimum absolute atomic E-state index is 0.0294. The highest BCUT2D eigenvalue weighted by atomic mass is 19.1. The monoisotopic (exact) mass is 281 g/mol. The molecule has 0 spiro atoms. The van der Waals surface area contributed by atoms with Crippen LogP contribution in [0.25, 0.3) is 0 Å². The number of hydrogen-bond acceptors (Lipinski definition) is 4. The SMILES string of the molecule is CC1CC(C(=O)Nc2cccc(F)c2/C(N)=N/O)CO1. The summed E-state index contributed by atoms with van der Waals surface area (Å²) in [5, 5.41) is 14.1. The van der Waals surface area contributed by atoms with E-state index in [2.05, 4.69) is 10.5 Å². The van der Waals surface area contributed by atoms with Gasteiger partial charge in [-0.2, -0.15) is 0 Å². The molecule has 4 N–H and O–H groups in total. The van der Waals surface area contributed by atoms with Crippen molar-refractivity contribution in [1.82, 2.24) is 0 Å². The largest absolute Gasteiger partial charge is 0.409 e. The number of rotatable bonds is 3. The first-order valence-corrected chi connectivity index (χ1v) is 6.21. The summed E-state index contributed by atoms with van der Waals surface area (Å²) in [6, 6.07) is 4.10. The molecule has 1 aromatic rings. The van der Waals surface area contributed by atoms with Gasteiger partial charge in [0.15, 0.2) is 5.84 Å². The quantitative estimate of drug-likeness (QED) is 0.336. The van der Waals surface area contributed by atoms with E-state index in [1.807, 2.05) is 6.92 Å². The molecule has 1 saturated heterocycles. The number of anilines is 1. The summed E-state index contributed by atoms with van der Waals surface area (Å²) in [7, 11) is 0. The van der Waals surface area contributed by atoms with Crippen LogP contribution in [0.15, 0.2) is 23.4 Å². The smallest absolute Gasteiger partial charge is 0.229 e. The summed E-state index contributed by atoms with van der Waals surface area (Å²) < 4.78 is 19.1. The fourth-order valence-electron chi connectivity index (χ4n) is 2.17. The third-order valence-electron chi connectivity index (χ3n) is 3.20. The van der Waals surface area contributed by atoms with E-state index >= 15 is 0 Å². The molecule has 1 amide bonds. The molecule has 0 radical (unpaired) electrons. The third-order valence-corrected chi connectivity index (χ3v) is 3.20. The Labute approximate surface area is 115 Å². The van der Waals surface area contributed by atoms with Crippen molar-refractivity contribution >= 4 is 17.4 Å². The van der Waals surface area contributed by atoms with Gasteiger partial charge in [-0.25, -0.2) is 4.39 Å². The van der Waals surface area contributed by atoms with Gasteiger partial charge in [-0.1, -0.05) is 11.2 Å². The second-order valence-corrected chi connectivity index (χ2v) is 4.71. The van der Waals surface area contributed by atoms with E-state index in [0.717, 1.165) is 0 Å². The lowest BCUT2D eigenvalue weighted by molar-refractivity contribution is -0.119. The van der Waals surface area contributed by atoms with Crippen molar-refractivity contribution in [2.24, 2.45) is 16.8 Å². The topological polar surface area (TPSA) is 96.9 Å². The maximum atomic E-state index is 13.7. The Hall–Kier alpha value is -2.15. The van der Waals surface area contributed by atoms with Crippen molar-refractivity contribution < 1.29 is 19.1 Å². The number of nitrogens with one attached hydrogen (secondary N) is 1. The number of carbonyl (C=O) groups excluding carboxylic acids is 1. The maximum Gasteiger partial charge on any atom is 0.229 e. The molecular formula is C13H16FN3O3. The lowest BCUT2D eigenvalue weighted by atomic mass is 10.0. The van der Waals surface area contributed by atoms with Gasteiger partial charge in [0.05, 0.1) is 29.9 Å². The van der Waals surface area contributed by atoms with Gasteiger partial charge < -0.3 is 21.0 Å². The van der Waals surface area contributed by atoms with E-state index in [0.29, 0.717) is 13.0 Å². The molecule has 1 aliphatic rings.